The van der Waals surface area contributed by atoms with Gasteiger partial charge in [-0.2, -0.15) is 13.2 Å². The minimum atomic E-state index is -4.52. The van der Waals surface area contributed by atoms with Crippen molar-refractivity contribution in [3.8, 4) is 5.88 Å². The van der Waals surface area contributed by atoms with Crippen molar-refractivity contribution in [2.75, 3.05) is 11.9 Å². The molecule has 3 rings (SSSR count). The first kappa shape index (κ1) is 17.2. The molecule has 0 unspecified atom stereocenters. The van der Waals surface area contributed by atoms with Gasteiger partial charge in [0.15, 0.2) is 11.7 Å². The summed E-state index contributed by atoms with van der Waals surface area (Å²) < 4.78 is 42.4. The fourth-order valence-electron chi connectivity index (χ4n) is 2.08. The number of anilines is 1. The van der Waals surface area contributed by atoms with Crippen molar-refractivity contribution in [2.45, 2.75) is 13.1 Å². The van der Waals surface area contributed by atoms with Crippen molar-refractivity contribution in [2.24, 2.45) is 0 Å². The van der Waals surface area contributed by atoms with Crippen molar-refractivity contribution < 1.29 is 22.7 Å². The number of nitrogens with one attached hydrogen (secondary N) is 1. The third-order valence-electron chi connectivity index (χ3n) is 3.15. The lowest BCUT2D eigenvalue weighted by Crippen LogP contribution is -2.21. The Hall–Kier alpha value is -2.68. The predicted octanol–water partition coefficient (Wildman–Crippen LogP) is 4.19. The van der Waals surface area contributed by atoms with Gasteiger partial charge in [0.1, 0.15) is 5.56 Å². The number of benzene rings is 1. The number of nitrogens with zero attached hydrogens (tertiary/aromatic N) is 2. The maximum absolute atomic E-state index is 12.4. The van der Waals surface area contributed by atoms with Gasteiger partial charge in [-0.15, -0.1) is 0 Å². The molecule has 0 atom stereocenters. The number of pyridine rings is 1. The van der Waals surface area contributed by atoms with Crippen molar-refractivity contribution in [3.05, 3.63) is 47.7 Å². The number of hydrogen-bond acceptors (Lipinski definition) is 5. The zero-order valence-corrected chi connectivity index (χ0v) is 13.7. The Morgan fingerprint density at radius 2 is 2.12 bits per heavy atom. The zero-order valence-electron chi connectivity index (χ0n) is 12.9. The van der Waals surface area contributed by atoms with E-state index >= 15 is 0 Å². The maximum Gasteiger partial charge on any atom is 0.422 e. The zero-order chi connectivity index (χ0) is 18.0. The molecule has 0 saturated heterocycles. The number of aromatic nitrogens is 2. The van der Waals surface area contributed by atoms with Crippen LogP contribution in [0.4, 0.5) is 18.3 Å². The Kier molecular flexibility index (Phi) is 4.58. The summed E-state index contributed by atoms with van der Waals surface area (Å²) in [5, 5.41) is 2.92. The number of halogens is 3. The Morgan fingerprint density at radius 1 is 1.32 bits per heavy atom. The number of fused-ring (bicyclic) bond motifs is 1. The normalized spacial score (nSPS) is 11.5. The second kappa shape index (κ2) is 6.67. The number of alkyl halides is 3. The summed E-state index contributed by atoms with van der Waals surface area (Å²) in [6, 6.07) is 8.45. The number of ether oxygens (including phenoxy) is 1. The first-order valence-corrected chi connectivity index (χ1v) is 7.96. The van der Waals surface area contributed by atoms with Crippen LogP contribution >= 0.6 is 11.3 Å². The molecule has 1 N–H and O–H groups in total. The average Bonchev–Trinajstić information content (AvgIpc) is 2.93. The summed E-state index contributed by atoms with van der Waals surface area (Å²) in [6.45, 7) is 0.419. The number of thiazole rings is 1. The molecule has 0 radical (unpaired) electrons. The first-order valence-electron chi connectivity index (χ1n) is 7.15. The van der Waals surface area contributed by atoms with Crippen LogP contribution in [0.3, 0.4) is 0 Å². The molecule has 0 fully saturated rings. The van der Waals surface area contributed by atoms with E-state index in [1.54, 1.807) is 0 Å². The third-order valence-corrected chi connectivity index (χ3v) is 4.09. The summed E-state index contributed by atoms with van der Waals surface area (Å²) in [4.78, 5) is 20.3. The van der Waals surface area contributed by atoms with Gasteiger partial charge < -0.3 is 4.74 Å². The van der Waals surface area contributed by atoms with Crippen LogP contribution in [0.1, 0.15) is 15.9 Å². The smallest absolute Gasteiger partial charge is 0.422 e. The molecule has 25 heavy (non-hydrogen) atoms. The second-order valence-corrected chi connectivity index (χ2v) is 6.23. The molecule has 0 aliphatic heterocycles. The van der Waals surface area contributed by atoms with E-state index in [4.69, 9.17) is 0 Å². The molecule has 1 amide bonds. The van der Waals surface area contributed by atoms with E-state index < -0.39 is 18.7 Å². The van der Waals surface area contributed by atoms with Gasteiger partial charge in [0, 0.05) is 6.20 Å². The number of hydrogen-bond donors (Lipinski definition) is 1. The SMILES string of the molecule is Cc1ccc2nc(NC(=O)c3cccnc3OCC(F)(F)F)sc2c1. The number of carbonyl (C=O) groups is 1. The molecule has 0 saturated carbocycles. The van der Waals surface area contributed by atoms with Gasteiger partial charge in [0.2, 0.25) is 5.88 Å². The topological polar surface area (TPSA) is 64.1 Å². The highest BCUT2D eigenvalue weighted by molar-refractivity contribution is 7.22. The van der Waals surface area contributed by atoms with Crippen LogP contribution in [0.2, 0.25) is 0 Å². The van der Waals surface area contributed by atoms with E-state index in [0.29, 0.717) is 5.13 Å². The summed E-state index contributed by atoms with van der Waals surface area (Å²) in [5.41, 5.74) is 1.69. The van der Waals surface area contributed by atoms with Gasteiger partial charge in [-0.25, -0.2) is 9.97 Å². The molecule has 0 aliphatic carbocycles. The van der Waals surface area contributed by atoms with E-state index in [0.717, 1.165) is 15.8 Å². The molecule has 3 aromatic rings. The molecule has 0 aliphatic rings. The van der Waals surface area contributed by atoms with Gasteiger partial charge in [-0.05, 0) is 36.8 Å². The minimum absolute atomic E-state index is 0.0952. The van der Waals surface area contributed by atoms with E-state index in [1.807, 2.05) is 25.1 Å². The molecule has 2 aromatic heterocycles. The van der Waals surface area contributed by atoms with E-state index in [1.165, 1.54) is 29.7 Å². The van der Waals surface area contributed by atoms with Gasteiger partial charge in [-0.1, -0.05) is 17.4 Å². The molecule has 0 bridgehead atoms. The maximum atomic E-state index is 12.4. The lowest BCUT2D eigenvalue weighted by Gasteiger charge is -2.11. The molecule has 2 heterocycles. The van der Waals surface area contributed by atoms with Crippen LogP contribution in [0.25, 0.3) is 10.2 Å². The lowest BCUT2D eigenvalue weighted by atomic mass is 10.2. The van der Waals surface area contributed by atoms with Crippen LogP contribution in [-0.2, 0) is 0 Å². The fourth-order valence-corrected chi connectivity index (χ4v) is 3.04. The van der Waals surface area contributed by atoms with E-state index in [2.05, 4.69) is 20.0 Å². The molecular formula is C16H12F3N3O2S. The quantitative estimate of drug-likeness (QED) is 0.751. The molecule has 5 nitrogen and oxygen atoms in total. The number of amides is 1. The van der Waals surface area contributed by atoms with E-state index in [-0.39, 0.29) is 11.4 Å². The highest BCUT2D eigenvalue weighted by atomic mass is 32.1. The van der Waals surface area contributed by atoms with E-state index in [9.17, 15) is 18.0 Å². The third kappa shape index (κ3) is 4.24. The lowest BCUT2D eigenvalue weighted by molar-refractivity contribution is -0.154. The van der Waals surface area contributed by atoms with Crippen molar-refractivity contribution in [1.82, 2.24) is 9.97 Å². The van der Waals surface area contributed by atoms with Crippen LogP contribution in [0.5, 0.6) is 5.88 Å². The largest absolute Gasteiger partial charge is 0.467 e. The highest BCUT2D eigenvalue weighted by Crippen LogP contribution is 2.28. The summed E-state index contributed by atoms with van der Waals surface area (Å²) in [7, 11) is 0. The monoisotopic (exact) mass is 367 g/mol. The van der Waals surface area contributed by atoms with Gasteiger partial charge >= 0.3 is 6.18 Å². The van der Waals surface area contributed by atoms with Crippen molar-refractivity contribution in [1.29, 1.82) is 0 Å². The molecule has 130 valence electrons. The minimum Gasteiger partial charge on any atom is -0.467 e. The molecular weight excluding hydrogens is 355 g/mol. The van der Waals surface area contributed by atoms with Gasteiger partial charge in [-0.3, -0.25) is 10.1 Å². The Balaban J connectivity index is 1.80. The Morgan fingerprint density at radius 3 is 2.88 bits per heavy atom. The number of aryl methyl sites for hydroxylation is 1. The molecule has 0 spiro atoms. The first-order chi connectivity index (χ1) is 11.8. The Bertz CT molecular complexity index is 924. The van der Waals surface area contributed by atoms with Crippen LogP contribution in [-0.4, -0.2) is 28.7 Å². The van der Waals surface area contributed by atoms with Crippen molar-refractivity contribution in [3.63, 3.8) is 0 Å². The highest BCUT2D eigenvalue weighted by Gasteiger charge is 2.29. The number of rotatable bonds is 4. The second-order valence-electron chi connectivity index (χ2n) is 5.20. The number of carbonyl (C=O) groups excluding carboxylic acids is 1. The predicted molar refractivity (Wildman–Crippen MR) is 88.1 cm³/mol. The summed E-state index contributed by atoms with van der Waals surface area (Å²) >= 11 is 1.27. The summed E-state index contributed by atoms with van der Waals surface area (Å²) in [5.74, 6) is -1.02. The molecule has 9 heteroatoms. The van der Waals surface area contributed by atoms with Crippen LogP contribution in [0, 0.1) is 6.92 Å². The van der Waals surface area contributed by atoms with Crippen LogP contribution in [0.15, 0.2) is 36.5 Å². The Labute approximate surface area is 144 Å². The standard InChI is InChI=1S/C16H12F3N3O2S/c1-9-4-5-11-12(7-9)25-15(21-11)22-13(23)10-3-2-6-20-14(10)24-8-16(17,18)19/h2-7H,8H2,1H3,(H,21,22,23). The summed E-state index contributed by atoms with van der Waals surface area (Å²) in [6.07, 6.45) is -3.26. The fraction of sp³-hybridized carbons (Fsp3) is 0.188. The van der Waals surface area contributed by atoms with Crippen LogP contribution < -0.4 is 10.1 Å². The molecule has 1 aromatic carbocycles. The van der Waals surface area contributed by atoms with Crippen molar-refractivity contribution >= 4 is 32.6 Å². The average molecular weight is 367 g/mol. The van der Waals surface area contributed by atoms with Gasteiger partial charge in [0.05, 0.1) is 10.2 Å². The van der Waals surface area contributed by atoms with Gasteiger partial charge in [0.25, 0.3) is 5.91 Å².